The molecule has 1 N–H and O–H groups in total. The topological polar surface area (TPSA) is 98.5 Å². The predicted molar refractivity (Wildman–Crippen MR) is 120 cm³/mol. The van der Waals surface area contributed by atoms with Gasteiger partial charge in [-0.15, -0.1) is 4.68 Å². The summed E-state index contributed by atoms with van der Waals surface area (Å²) in [5.41, 5.74) is 1.66. The van der Waals surface area contributed by atoms with Gasteiger partial charge >= 0.3 is 11.7 Å². The van der Waals surface area contributed by atoms with Crippen molar-refractivity contribution in [3.05, 3.63) is 80.6 Å². The Morgan fingerprint density at radius 1 is 1.10 bits per heavy atom. The van der Waals surface area contributed by atoms with E-state index in [1.807, 2.05) is 35.8 Å². The Bertz CT molecular complexity index is 1440. The van der Waals surface area contributed by atoms with Crippen molar-refractivity contribution in [2.24, 2.45) is 5.10 Å². The lowest BCUT2D eigenvalue weighted by Crippen LogP contribution is -2.32. The van der Waals surface area contributed by atoms with Gasteiger partial charge in [-0.05, 0) is 39.0 Å². The first-order valence-corrected chi connectivity index (χ1v) is 9.92. The Hall–Kier alpha value is -3.94. The molecule has 0 aliphatic carbocycles. The normalized spacial score (nSPS) is 11.7. The predicted octanol–water partition coefficient (Wildman–Crippen LogP) is 2.79. The van der Waals surface area contributed by atoms with Crippen LogP contribution in [0.1, 0.15) is 25.1 Å². The van der Waals surface area contributed by atoms with E-state index in [1.165, 1.54) is 6.21 Å². The minimum Gasteiger partial charge on any atom is -0.462 e. The number of hydrogen-bond donors (Lipinski definition) is 1. The van der Waals surface area contributed by atoms with Crippen LogP contribution in [0.3, 0.4) is 0 Å². The summed E-state index contributed by atoms with van der Waals surface area (Å²) in [6.45, 7) is 5.51. The fourth-order valence-corrected chi connectivity index (χ4v) is 3.63. The highest BCUT2D eigenvalue weighted by molar-refractivity contribution is 6.01. The highest BCUT2D eigenvalue weighted by Crippen LogP contribution is 2.24. The van der Waals surface area contributed by atoms with Crippen molar-refractivity contribution in [1.29, 1.82) is 0 Å². The largest absolute Gasteiger partial charge is 0.462 e. The molecule has 2 aromatic carbocycles. The molecule has 4 aromatic rings. The van der Waals surface area contributed by atoms with Crippen molar-refractivity contribution in [2.75, 3.05) is 0 Å². The molecule has 0 aliphatic rings. The Morgan fingerprint density at radius 3 is 2.52 bits per heavy atom. The fraction of sp³-hybridized carbons (Fsp3) is 0.217. The summed E-state index contributed by atoms with van der Waals surface area (Å²) in [6.07, 6.45) is 1.27. The average molecular weight is 418 g/mol. The number of H-pyrrole nitrogens is 1. The van der Waals surface area contributed by atoms with Gasteiger partial charge in [-0.3, -0.25) is 9.59 Å². The van der Waals surface area contributed by atoms with Gasteiger partial charge in [0, 0.05) is 22.2 Å². The number of nitrogens with zero attached hydrogens (tertiary/aromatic N) is 3. The van der Waals surface area contributed by atoms with E-state index in [2.05, 4.69) is 10.1 Å². The molecular formula is C23H22N4O4. The van der Waals surface area contributed by atoms with Crippen molar-refractivity contribution < 1.29 is 9.53 Å². The van der Waals surface area contributed by atoms with Crippen LogP contribution in [0.4, 0.5) is 0 Å². The first-order chi connectivity index (χ1) is 14.9. The van der Waals surface area contributed by atoms with E-state index in [0.717, 1.165) is 21.3 Å². The molecule has 2 aromatic heterocycles. The van der Waals surface area contributed by atoms with Gasteiger partial charge in [0.05, 0.1) is 23.2 Å². The third-order valence-electron chi connectivity index (χ3n) is 5.02. The van der Waals surface area contributed by atoms with Crippen LogP contribution in [0.5, 0.6) is 0 Å². The van der Waals surface area contributed by atoms with E-state index in [1.54, 1.807) is 38.1 Å². The number of aromatic amines is 1. The maximum atomic E-state index is 12.7. The molecule has 0 amide bonds. The number of ether oxygens (including phenoxy) is 1. The molecule has 8 nitrogen and oxygen atoms in total. The molecular weight excluding hydrogens is 396 g/mol. The molecule has 0 bridgehead atoms. The van der Waals surface area contributed by atoms with Crippen LogP contribution in [0.2, 0.25) is 0 Å². The molecule has 4 rings (SSSR count). The second kappa shape index (κ2) is 8.06. The number of carbonyl (C=O) groups excluding carboxylic acids is 1. The second-order valence-corrected chi connectivity index (χ2v) is 7.48. The summed E-state index contributed by atoms with van der Waals surface area (Å²) in [5, 5.41) is 5.41. The minimum atomic E-state index is -0.623. The van der Waals surface area contributed by atoms with Gasteiger partial charge in [0.2, 0.25) is 0 Å². The molecule has 0 aliphatic heterocycles. The molecule has 0 atom stereocenters. The molecule has 8 heteroatoms. The van der Waals surface area contributed by atoms with Crippen LogP contribution in [0.15, 0.2) is 63.2 Å². The zero-order chi connectivity index (χ0) is 22.1. The number of para-hydroxylation sites is 2. The summed E-state index contributed by atoms with van der Waals surface area (Å²) in [4.78, 5) is 40.1. The highest BCUT2D eigenvalue weighted by atomic mass is 16.5. The number of aromatic nitrogens is 3. The van der Waals surface area contributed by atoms with E-state index in [4.69, 9.17) is 4.74 Å². The number of rotatable bonds is 5. The van der Waals surface area contributed by atoms with Crippen LogP contribution in [-0.2, 0) is 16.1 Å². The molecule has 31 heavy (non-hydrogen) atoms. The van der Waals surface area contributed by atoms with Gasteiger partial charge in [0.1, 0.15) is 6.54 Å². The van der Waals surface area contributed by atoms with Gasteiger partial charge in [-0.1, -0.05) is 30.3 Å². The fourth-order valence-electron chi connectivity index (χ4n) is 3.63. The number of carbonyl (C=O) groups is 1. The van der Waals surface area contributed by atoms with Crippen molar-refractivity contribution in [3.8, 4) is 0 Å². The number of fused-ring (bicyclic) bond motifs is 2. The van der Waals surface area contributed by atoms with Crippen molar-refractivity contribution in [3.63, 3.8) is 0 Å². The minimum absolute atomic E-state index is 0.0505. The average Bonchev–Trinajstić information content (AvgIpc) is 2.99. The first-order valence-electron chi connectivity index (χ1n) is 9.92. The van der Waals surface area contributed by atoms with Crippen LogP contribution in [0.25, 0.3) is 21.8 Å². The number of nitrogens with one attached hydrogen (secondary N) is 1. The molecule has 0 unspecified atom stereocenters. The van der Waals surface area contributed by atoms with E-state index >= 15 is 0 Å². The van der Waals surface area contributed by atoms with Crippen LogP contribution in [0, 0.1) is 6.92 Å². The highest BCUT2D eigenvalue weighted by Gasteiger charge is 2.16. The Morgan fingerprint density at radius 2 is 1.77 bits per heavy atom. The molecule has 158 valence electrons. The van der Waals surface area contributed by atoms with Crippen LogP contribution in [-0.4, -0.2) is 32.5 Å². The Kier molecular flexibility index (Phi) is 5.29. The zero-order valence-corrected chi connectivity index (χ0v) is 17.5. The van der Waals surface area contributed by atoms with Crippen LogP contribution < -0.4 is 11.2 Å². The third kappa shape index (κ3) is 3.79. The van der Waals surface area contributed by atoms with Gasteiger partial charge in [-0.25, -0.2) is 4.79 Å². The first kappa shape index (κ1) is 20.3. The van der Waals surface area contributed by atoms with Gasteiger partial charge in [0.15, 0.2) is 0 Å². The molecule has 0 fully saturated rings. The number of hydrogen-bond acceptors (Lipinski definition) is 5. The Labute approximate surface area is 177 Å². The molecule has 0 saturated carbocycles. The summed E-state index contributed by atoms with van der Waals surface area (Å²) in [7, 11) is 0. The van der Waals surface area contributed by atoms with Crippen molar-refractivity contribution >= 4 is 34.0 Å². The summed E-state index contributed by atoms with van der Waals surface area (Å²) in [5.74, 6) is -0.343. The lowest BCUT2D eigenvalue weighted by Gasteiger charge is -2.11. The molecule has 0 radical (unpaired) electrons. The van der Waals surface area contributed by atoms with Crippen LogP contribution >= 0.6 is 0 Å². The van der Waals surface area contributed by atoms with E-state index in [9.17, 15) is 14.4 Å². The van der Waals surface area contributed by atoms with Gasteiger partial charge in [0.25, 0.3) is 5.56 Å². The van der Waals surface area contributed by atoms with E-state index in [0.29, 0.717) is 16.5 Å². The summed E-state index contributed by atoms with van der Waals surface area (Å²) < 4.78 is 7.93. The molecule has 0 spiro atoms. The second-order valence-electron chi connectivity index (χ2n) is 7.48. The zero-order valence-electron chi connectivity index (χ0n) is 17.5. The third-order valence-corrected chi connectivity index (χ3v) is 5.02. The number of benzene rings is 2. The van der Waals surface area contributed by atoms with E-state index < -0.39 is 11.2 Å². The summed E-state index contributed by atoms with van der Waals surface area (Å²) in [6, 6.07) is 14.3. The maximum Gasteiger partial charge on any atom is 0.349 e. The standard InChI is InChI=1S/C23H22N4O4/c1-14(2)31-21(28)13-26-15(3)18(16-8-5-7-11-20(16)26)12-24-27-22(29)17-9-4-6-10-19(17)25-23(27)30/h4-12,14H,13H2,1-3H3,(H,25,30). The molecule has 0 saturated heterocycles. The lowest BCUT2D eigenvalue weighted by atomic mass is 10.1. The van der Waals surface area contributed by atoms with Crippen molar-refractivity contribution in [1.82, 2.24) is 14.2 Å². The number of esters is 1. The molecule has 2 heterocycles. The smallest absolute Gasteiger partial charge is 0.349 e. The van der Waals surface area contributed by atoms with Gasteiger partial charge < -0.3 is 14.3 Å². The monoisotopic (exact) mass is 418 g/mol. The summed E-state index contributed by atoms with van der Waals surface area (Å²) >= 11 is 0. The van der Waals surface area contributed by atoms with Crippen molar-refractivity contribution in [2.45, 2.75) is 33.4 Å². The van der Waals surface area contributed by atoms with Gasteiger partial charge in [-0.2, -0.15) is 5.10 Å². The SMILES string of the molecule is Cc1c(C=Nn2c(=O)[nH]c3ccccc3c2=O)c2ccccc2n1CC(=O)OC(C)C. The maximum absolute atomic E-state index is 12.7. The van der Waals surface area contributed by atoms with E-state index in [-0.39, 0.29) is 18.6 Å². The quantitative estimate of drug-likeness (QED) is 0.398. The lowest BCUT2D eigenvalue weighted by molar-refractivity contribution is -0.148. The Balaban J connectivity index is 1.81.